The zero-order valence-corrected chi connectivity index (χ0v) is 14.5. The lowest BCUT2D eigenvalue weighted by Crippen LogP contribution is -2.46. The molecule has 1 unspecified atom stereocenters. The van der Waals surface area contributed by atoms with Crippen molar-refractivity contribution in [2.75, 3.05) is 16.8 Å². The Hall–Kier alpha value is 0.340. The van der Waals surface area contributed by atoms with E-state index >= 15 is 0 Å². The Morgan fingerprint density at radius 2 is 1.79 bits per heavy atom. The summed E-state index contributed by atoms with van der Waals surface area (Å²) in [5.41, 5.74) is 0. The minimum atomic E-state index is -3.44. The molecule has 0 radical (unpaired) electrons. The molecule has 0 aromatic heterocycles. The first-order chi connectivity index (χ1) is 8.68. The zero-order chi connectivity index (χ0) is 14.7. The van der Waals surface area contributed by atoms with E-state index in [2.05, 4.69) is 20.7 Å². The van der Waals surface area contributed by atoms with E-state index < -0.39 is 25.1 Å². The first-order valence-corrected chi connectivity index (χ1v) is 10.9. The summed E-state index contributed by atoms with van der Waals surface area (Å²) in [6.45, 7) is 3.95. The predicted molar refractivity (Wildman–Crippen MR) is 80.8 cm³/mol. The number of alkyl halides is 1. The minimum Gasteiger partial charge on any atom is -0.229 e. The summed E-state index contributed by atoms with van der Waals surface area (Å²) in [6.07, 6.45) is 1.13. The Morgan fingerprint density at radius 1 is 1.26 bits per heavy atom. The van der Waals surface area contributed by atoms with Crippen LogP contribution < -0.4 is 4.72 Å². The molecule has 5 nitrogen and oxygen atoms in total. The van der Waals surface area contributed by atoms with Crippen LogP contribution in [-0.2, 0) is 19.9 Å². The maximum Gasteiger partial charge on any atom is 0.214 e. The van der Waals surface area contributed by atoms with E-state index in [1.807, 2.05) is 13.8 Å². The van der Waals surface area contributed by atoms with Gasteiger partial charge in [0.25, 0.3) is 0 Å². The summed E-state index contributed by atoms with van der Waals surface area (Å²) < 4.78 is 49.9. The molecule has 1 saturated heterocycles. The summed E-state index contributed by atoms with van der Waals surface area (Å²) in [6, 6.07) is -0.108. The van der Waals surface area contributed by atoms with Gasteiger partial charge in [-0.3, -0.25) is 0 Å². The average molecular weight is 376 g/mol. The van der Waals surface area contributed by atoms with E-state index in [0.29, 0.717) is 0 Å². The molecule has 0 aromatic carbocycles. The summed E-state index contributed by atoms with van der Waals surface area (Å²) in [4.78, 5) is 0. The average Bonchev–Trinajstić information content (AvgIpc) is 2.27. The SMILES string of the molecule is CC(C)C(CCBr)NS(=O)(=O)C1CCS(=O)(=O)CC1. The maximum absolute atomic E-state index is 12.3. The molecule has 1 aliphatic heterocycles. The Labute approximate surface area is 124 Å². The lowest BCUT2D eigenvalue weighted by molar-refractivity contribution is 0.435. The van der Waals surface area contributed by atoms with Crippen LogP contribution in [0.2, 0.25) is 0 Å². The molecule has 1 fully saturated rings. The second-order valence-corrected chi connectivity index (χ2v) is 10.4. The molecule has 1 atom stereocenters. The quantitative estimate of drug-likeness (QED) is 0.709. The highest BCUT2D eigenvalue weighted by atomic mass is 79.9. The molecule has 1 N–H and O–H groups in total. The fraction of sp³-hybridized carbons (Fsp3) is 1.00. The van der Waals surface area contributed by atoms with E-state index in [0.717, 1.165) is 11.8 Å². The van der Waals surface area contributed by atoms with Crippen molar-refractivity contribution in [1.29, 1.82) is 0 Å². The number of hydrogen-bond donors (Lipinski definition) is 1. The molecule has 1 aliphatic rings. The summed E-state index contributed by atoms with van der Waals surface area (Å²) in [5.74, 6) is 0.159. The second-order valence-electron chi connectivity index (χ2n) is 5.34. The van der Waals surface area contributed by atoms with Gasteiger partial charge in [-0.05, 0) is 25.2 Å². The van der Waals surface area contributed by atoms with Crippen molar-refractivity contribution in [2.24, 2.45) is 5.92 Å². The molecule has 0 bridgehead atoms. The molecule has 0 aliphatic carbocycles. The van der Waals surface area contributed by atoms with E-state index in [9.17, 15) is 16.8 Å². The Morgan fingerprint density at radius 3 is 2.21 bits per heavy atom. The van der Waals surface area contributed by atoms with Gasteiger partial charge in [0, 0.05) is 11.4 Å². The van der Waals surface area contributed by atoms with Crippen LogP contribution >= 0.6 is 15.9 Å². The largest absolute Gasteiger partial charge is 0.229 e. The van der Waals surface area contributed by atoms with Crippen LogP contribution in [0.1, 0.15) is 33.1 Å². The van der Waals surface area contributed by atoms with Crippen molar-refractivity contribution in [1.82, 2.24) is 4.72 Å². The van der Waals surface area contributed by atoms with E-state index in [-0.39, 0.29) is 36.3 Å². The van der Waals surface area contributed by atoms with Gasteiger partial charge in [-0.2, -0.15) is 0 Å². The van der Waals surface area contributed by atoms with E-state index in [1.54, 1.807) is 0 Å². The van der Waals surface area contributed by atoms with Gasteiger partial charge in [0.05, 0.1) is 16.8 Å². The van der Waals surface area contributed by atoms with E-state index in [1.165, 1.54) is 0 Å². The van der Waals surface area contributed by atoms with Crippen molar-refractivity contribution < 1.29 is 16.8 Å². The molecule has 114 valence electrons. The molecule has 0 amide bonds. The van der Waals surface area contributed by atoms with Gasteiger partial charge < -0.3 is 0 Å². The molecule has 1 heterocycles. The van der Waals surface area contributed by atoms with Crippen molar-refractivity contribution >= 4 is 35.8 Å². The van der Waals surface area contributed by atoms with Gasteiger partial charge in [-0.15, -0.1) is 0 Å². The van der Waals surface area contributed by atoms with Gasteiger partial charge in [-0.25, -0.2) is 21.6 Å². The van der Waals surface area contributed by atoms with Crippen molar-refractivity contribution in [3.63, 3.8) is 0 Å². The van der Waals surface area contributed by atoms with Crippen LogP contribution in [0.3, 0.4) is 0 Å². The van der Waals surface area contributed by atoms with Crippen LogP contribution in [0, 0.1) is 5.92 Å². The predicted octanol–water partition coefficient (Wildman–Crippen LogP) is 1.29. The monoisotopic (exact) mass is 375 g/mol. The van der Waals surface area contributed by atoms with Crippen LogP contribution in [-0.4, -0.2) is 45.0 Å². The van der Waals surface area contributed by atoms with Gasteiger partial charge in [-0.1, -0.05) is 29.8 Å². The second kappa shape index (κ2) is 6.87. The number of sulfonamides is 1. The molecule has 19 heavy (non-hydrogen) atoms. The normalized spacial score (nSPS) is 22.5. The van der Waals surface area contributed by atoms with Crippen LogP contribution in [0.25, 0.3) is 0 Å². The summed E-state index contributed by atoms with van der Waals surface area (Å²) in [5, 5.41) is 0.157. The van der Waals surface area contributed by atoms with E-state index in [4.69, 9.17) is 0 Å². The Balaban J connectivity index is 2.70. The summed E-state index contributed by atoms with van der Waals surface area (Å²) in [7, 11) is -6.47. The number of halogens is 1. The fourth-order valence-corrected chi connectivity index (χ4v) is 6.28. The number of sulfone groups is 1. The van der Waals surface area contributed by atoms with Crippen LogP contribution in [0.5, 0.6) is 0 Å². The number of rotatable bonds is 6. The first kappa shape index (κ1) is 17.4. The first-order valence-electron chi connectivity index (χ1n) is 6.45. The molecule has 0 saturated carbocycles. The Kier molecular flexibility index (Phi) is 6.28. The lowest BCUT2D eigenvalue weighted by atomic mass is 10.0. The highest BCUT2D eigenvalue weighted by Crippen LogP contribution is 2.20. The van der Waals surface area contributed by atoms with Gasteiger partial charge in [0.2, 0.25) is 10.0 Å². The lowest BCUT2D eigenvalue weighted by Gasteiger charge is -2.27. The fourth-order valence-electron chi connectivity index (χ4n) is 2.13. The third-order valence-corrected chi connectivity index (χ3v) is 7.63. The van der Waals surface area contributed by atoms with Crippen molar-refractivity contribution in [3.05, 3.63) is 0 Å². The smallest absolute Gasteiger partial charge is 0.214 e. The Bertz CT molecular complexity index is 473. The molecule has 0 spiro atoms. The van der Waals surface area contributed by atoms with Gasteiger partial charge >= 0.3 is 0 Å². The molecule has 1 rings (SSSR count). The van der Waals surface area contributed by atoms with Gasteiger partial charge in [0.15, 0.2) is 0 Å². The zero-order valence-electron chi connectivity index (χ0n) is 11.3. The molecular weight excluding hydrogens is 354 g/mol. The highest BCUT2D eigenvalue weighted by Gasteiger charge is 2.34. The maximum atomic E-state index is 12.3. The van der Waals surface area contributed by atoms with Crippen molar-refractivity contribution in [3.8, 4) is 0 Å². The van der Waals surface area contributed by atoms with Crippen LogP contribution in [0.4, 0.5) is 0 Å². The standard InChI is InChI=1S/C11H22BrNO4S2/c1-9(2)11(3-6-12)13-19(16,17)10-4-7-18(14,15)8-5-10/h9-11,13H,3-8H2,1-2H3. The minimum absolute atomic E-state index is 0.0244. The third-order valence-electron chi connectivity index (χ3n) is 3.48. The molecule has 8 heteroatoms. The van der Waals surface area contributed by atoms with Gasteiger partial charge in [0.1, 0.15) is 9.84 Å². The van der Waals surface area contributed by atoms with Crippen molar-refractivity contribution in [2.45, 2.75) is 44.4 Å². The van der Waals surface area contributed by atoms with Crippen LogP contribution in [0.15, 0.2) is 0 Å². The molecular formula is C11H22BrNO4S2. The topological polar surface area (TPSA) is 80.3 Å². The number of nitrogens with one attached hydrogen (secondary N) is 1. The third kappa shape index (κ3) is 5.32. The number of hydrogen-bond acceptors (Lipinski definition) is 4. The summed E-state index contributed by atoms with van der Waals surface area (Å²) >= 11 is 3.32. The molecule has 0 aromatic rings. The highest BCUT2D eigenvalue weighted by molar-refractivity contribution is 9.09.